The van der Waals surface area contributed by atoms with Crippen molar-refractivity contribution < 1.29 is 14.3 Å². The molecule has 1 aromatic rings. The summed E-state index contributed by atoms with van der Waals surface area (Å²) in [5.74, 6) is 0.741. The van der Waals surface area contributed by atoms with E-state index >= 15 is 0 Å². The van der Waals surface area contributed by atoms with Crippen LogP contribution in [0.2, 0.25) is 0 Å². The number of carbonyl (C=O) groups is 1. The summed E-state index contributed by atoms with van der Waals surface area (Å²) in [6, 6.07) is 7.25. The maximum atomic E-state index is 12.3. The Morgan fingerprint density at radius 3 is 2.55 bits per heavy atom. The van der Waals surface area contributed by atoms with Crippen molar-refractivity contribution in [3.05, 3.63) is 29.8 Å². The van der Waals surface area contributed by atoms with Gasteiger partial charge in [0, 0.05) is 24.6 Å². The molecule has 0 unspecified atom stereocenters. The topological polar surface area (TPSA) is 59.6 Å². The van der Waals surface area contributed by atoms with Crippen LogP contribution in [0, 0.1) is 5.41 Å². The van der Waals surface area contributed by atoms with E-state index in [1.54, 1.807) is 19.2 Å². The maximum Gasteiger partial charge on any atom is 0.251 e. The molecule has 0 radical (unpaired) electrons. The molecule has 0 aliphatic carbocycles. The predicted molar refractivity (Wildman–Crippen MR) is 86.4 cm³/mol. The van der Waals surface area contributed by atoms with E-state index in [0.717, 1.165) is 31.7 Å². The molecular weight excluding hydrogens is 280 g/mol. The van der Waals surface area contributed by atoms with Gasteiger partial charge in [0.15, 0.2) is 0 Å². The van der Waals surface area contributed by atoms with E-state index in [4.69, 9.17) is 9.47 Å². The molecule has 5 heteroatoms. The van der Waals surface area contributed by atoms with Gasteiger partial charge in [-0.05, 0) is 57.1 Å². The fraction of sp³-hybridized carbons (Fsp3) is 0.588. The number of hydrogen-bond donors (Lipinski definition) is 2. The van der Waals surface area contributed by atoms with E-state index in [0.29, 0.717) is 25.3 Å². The first-order chi connectivity index (χ1) is 10.7. The molecule has 1 fully saturated rings. The summed E-state index contributed by atoms with van der Waals surface area (Å²) in [6.07, 6.45) is 2.04. The molecule has 1 aromatic carbocycles. The summed E-state index contributed by atoms with van der Waals surface area (Å²) in [7, 11) is 1.72. The van der Waals surface area contributed by atoms with Crippen molar-refractivity contribution in [3.63, 3.8) is 0 Å². The zero-order chi connectivity index (χ0) is 15.8. The van der Waals surface area contributed by atoms with Crippen molar-refractivity contribution in [2.75, 3.05) is 40.0 Å². The SMILES string of the molecule is CCOc1ccc(C(=O)NCC2(COC)CCNCC2)cc1. The molecule has 0 spiro atoms. The first-order valence-corrected chi connectivity index (χ1v) is 7.90. The Hall–Kier alpha value is -1.59. The van der Waals surface area contributed by atoms with E-state index in [-0.39, 0.29) is 11.3 Å². The smallest absolute Gasteiger partial charge is 0.251 e. The first kappa shape index (κ1) is 16.8. The minimum atomic E-state index is -0.0444. The number of hydrogen-bond acceptors (Lipinski definition) is 4. The second-order valence-corrected chi connectivity index (χ2v) is 5.82. The molecule has 22 heavy (non-hydrogen) atoms. The summed E-state index contributed by atoms with van der Waals surface area (Å²) < 4.78 is 10.8. The van der Waals surface area contributed by atoms with E-state index in [1.807, 2.05) is 19.1 Å². The van der Waals surface area contributed by atoms with Gasteiger partial charge in [-0.15, -0.1) is 0 Å². The molecule has 2 N–H and O–H groups in total. The molecule has 1 aliphatic heterocycles. The highest BCUT2D eigenvalue weighted by Gasteiger charge is 2.32. The maximum absolute atomic E-state index is 12.3. The normalized spacial score (nSPS) is 17.0. The fourth-order valence-corrected chi connectivity index (χ4v) is 2.87. The van der Waals surface area contributed by atoms with Crippen LogP contribution in [0.5, 0.6) is 5.75 Å². The molecule has 1 aliphatic rings. The van der Waals surface area contributed by atoms with Gasteiger partial charge in [0.1, 0.15) is 5.75 Å². The molecule has 1 saturated heterocycles. The van der Waals surface area contributed by atoms with Gasteiger partial charge in [0.2, 0.25) is 0 Å². The molecule has 5 nitrogen and oxygen atoms in total. The van der Waals surface area contributed by atoms with Crippen LogP contribution < -0.4 is 15.4 Å². The number of methoxy groups -OCH3 is 1. The lowest BCUT2D eigenvalue weighted by molar-refractivity contribution is 0.0512. The van der Waals surface area contributed by atoms with Crippen LogP contribution in [0.15, 0.2) is 24.3 Å². The summed E-state index contributed by atoms with van der Waals surface area (Å²) in [6.45, 7) is 5.84. The zero-order valence-electron chi connectivity index (χ0n) is 13.5. The molecule has 1 heterocycles. The van der Waals surface area contributed by atoms with Crippen LogP contribution >= 0.6 is 0 Å². The summed E-state index contributed by atoms with van der Waals surface area (Å²) in [4.78, 5) is 12.3. The van der Waals surface area contributed by atoms with Gasteiger partial charge in [-0.1, -0.05) is 0 Å². The largest absolute Gasteiger partial charge is 0.494 e. The average molecular weight is 306 g/mol. The summed E-state index contributed by atoms with van der Waals surface area (Å²) in [5.41, 5.74) is 0.700. The highest BCUT2D eigenvalue weighted by Crippen LogP contribution is 2.28. The first-order valence-electron chi connectivity index (χ1n) is 7.90. The van der Waals surface area contributed by atoms with Gasteiger partial charge >= 0.3 is 0 Å². The third kappa shape index (κ3) is 4.45. The molecule has 0 bridgehead atoms. The van der Waals surface area contributed by atoms with Crippen LogP contribution in [-0.4, -0.2) is 45.9 Å². The Morgan fingerprint density at radius 2 is 1.95 bits per heavy atom. The third-order valence-electron chi connectivity index (χ3n) is 4.17. The van der Waals surface area contributed by atoms with Crippen LogP contribution in [0.25, 0.3) is 0 Å². The Bertz CT molecular complexity index is 462. The number of nitrogens with one attached hydrogen (secondary N) is 2. The summed E-state index contributed by atoms with van der Waals surface area (Å²) in [5, 5.41) is 6.41. The zero-order valence-corrected chi connectivity index (χ0v) is 13.5. The van der Waals surface area contributed by atoms with E-state index in [2.05, 4.69) is 10.6 Å². The third-order valence-corrected chi connectivity index (χ3v) is 4.17. The van der Waals surface area contributed by atoms with E-state index in [1.165, 1.54) is 0 Å². The van der Waals surface area contributed by atoms with Crippen molar-refractivity contribution in [2.24, 2.45) is 5.41 Å². The monoisotopic (exact) mass is 306 g/mol. The molecule has 0 aromatic heterocycles. The fourth-order valence-electron chi connectivity index (χ4n) is 2.87. The quantitative estimate of drug-likeness (QED) is 0.807. The predicted octanol–water partition coefficient (Wildman–Crippen LogP) is 1.83. The number of ether oxygens (including phenoxy) is 2. The van der Waals surface area contributed by atoms with Crippen LogP contribution in [0.1, 0.15) is 30.1 Å². The van der Waals surface area contributed by atoms with Gasteiger partial charge in [0.25, 0.3) is 5.91 Å². The van der Waals surface area contributed by atoms with Crippen LogP contribution in [0.4, 0.5) is 0 Å². The van der Waals surface area contributed by atoms with Gasteiger partial charge in [-0.3, -0.25) is 4.79 Å². The van der Waals surface area contributed by atoms with Gasteiger partial charge in [-0.25, -0.2) is 0 Å². The van der Waals surface area contributed by atoms with Gasteiger partial charge in [0.05, 0.1) is 13.2 Å². The Balaban J connectivity index is 1.92. The Labute approximate surface area is 132 Å². The number of piperidine rings is 1. The minimum Gasteiger partial charge on any atom is -0.494 e. The van der Waals surface area contributed by atoms with E-state index in [9.17, 15) is 4.79 Å². The molecule has 0 atom stereocenters. The number of carbonyl (C=O) groups excluding carboxylic acids is 1. The molecule has 122 valence electrons. The molecule has 1 amide bonds. The Morgan fingerprint density at radius 1 is 1.27 bits per heavy atom. The lowest BCUT2D eigenvalue weighted by Crippen LogP contribution is -2.47. The lowest BCUT2D eigenvalue weighted by Gasteiger charge is -2.37. The summed E-state index contributed by atoms with van der Waals surface area (Å²) >= 11 is 0. The second-order valence-electron chi connectivity index (χ2n) is 5.82. The molecular formula is C17H26N2O3. The standard InChI is InChI=1S/C17H26N2O3/c1-3-22-15-6-4-14(5-7-15)16(20)19-12-17(13-21-2)8-10-18-11-9-17/h4-7,18H,3,8-13H2,1-2H3,(H,19,20). The second kappa shape index (κ2) is 8.15. The van der Waals surface area contributed by atoms with Crippen molar-refractivity contribution in [3.8, 4) is 5.75 Å². The lowest BCUT2D eigenvalue weighted by atomic mass is 9.79. The molecule has 2 rings (SSSR count). The van der Waals surface area contributed by atoms with Gasteiger partial charge < -0.3 is 20.1 Å². The van der Waals surface area contributed by atoms with Gasteiger partial charge in [-0.2, -0.15) is 0 Å². The van der Waals surface area contributed by atoms with E-state index < -0.39 is 0 Å². The highest BCUT2D eigenvalue weighted by molar-refractivity contribution is 5.94. The molecule has 0 saturated carbocycles. The van der Waals surface area contributed by atoms with Crippen LogP contribution in [-0.2, 0) is 4.74 Å². The van der Waals surface area contributed by atoms with Crippen LogP contribution in [0.3, 0.4) is 0 Å². The number of amides is 1. The minimum absolute atomic E-state index is 0.0426. The number of benzene rings is 1. The number of rotatable bonds is 7. The van der Waals surface area contributed by atoms with Crippen molar-refractivity contribution in [1.29, 1.82) is 0 Å². The average Bonchev–Trinajstić information content (AvgIpc) is 2.55. The van der Waals surface area contributed by atoms with Crippen molar-refractivity contribution in [1.82, 2.24) is 10.6 Å². The van der Waals surface area contributed by atoms with Crippen molar-refractivity contribution in [2.45, 2.75) is 19.8 Å². The highest BCUT2D eigenvalue weighted by atomic mass is 16.5. The Kier molecular flexibility index (Phi) is 6.21. The van der Waals surface area contributed by atoms with Crippen molar-refractivity contribution >= 4 is 5.91 Å².